The molecule has 0 aliphatic carbocycles. The fourth-order valence-electron chi connectivity index (χ4n) is 2.65. The van der Waals surface area contributed by atoms with Crippen LogP contribution in [0.15, 0.2) is 57.7 Å². The summed E-state index contributed by atoms with van der Waals surface area (Å²) in [5, 5.41) is 8.52. The second kappa shape index (κ2) is 9.20. The molecule has 0 atom stereocenters. The molecule has 3 heterocycles. The van der Waals surface area contributed by atoms with Gasteiger partial charge in [0.25, 0.3) is 0 Å². The van der Waals surface area contributed by atoms with Gasteiger partial charge in [0.05, 0.1) is 24.5 Å². The van der Waals surface area contributed by atoms with Crippen molar-refractivity contribution in [2.75, 3.05) is 7.05 Å². The first-order valence-electron chi connectivity index (χ1n) is 8.58. The zero-order valence-electron chi connectivity index (χ0n) is 15.5. The second-order valence-corrected chi connectivity index (χ2v) is 6.99. The van der Waals surface area contributed by atoms with Gasteiger partial charge in [-0.3, -0.25) is 9.39 Å². The van der Waals surface area contributed by atoms with Crippen LogP contribution in [0.5, 0.6) is 0 Å². The van der Waals surface area contributed by atoms with E-state index in [1.54, 1.807) is 24.6 Å². The third kappa shape index (κ3) is 4.71. The van der Waals surface area contributed by atoms with Gasteiger partial charge in [0.2, 0.25) is 5.89 Å². The number of nitrogens with one attached hydrogen (secondary N) is 2. The van der Waals surface area contributed by atoms with Crippen LogP contribution in [0, 0.1) is 6.92 Å². The van der Waals surface area contributed by atoms with Crippen LogP contribution in [0.1, 0.15) is 17.0 Å². The molecule has 0 aliphatic heterocycles. The molecule has 9 heteroatoms. The summed E-state index contributed by atoms with van der Waals surface area (Å²) in [7, 11) is 1.74. The minimum Gasteiger partial charge on any atom is -0.444 e. The molecular weight excluding hydrogens is 487 g/mol. The topological polar surface area (TPSA) is 79.8 Å². The number of nitrogens with zero attached hydrogens (tertiary/aromatic N) is 4. The lowest BCUT2D eigenvalue weighted by molar-refractivity contribution is 0.572. The van der Waals surface area contributed by atoms with Gasteiger partial charge in [-0.25, -0.2) is 9.97 Å². The van der Waals surface area contributed by atoms with Crippen LogP contribution in [0.2, 0.25) is 0 Å². The molecule has 4 rings (SSSR count). The molecule has 0 spiro atoms. The number of aryl methyl sites for hydroxylation is 1. The predicted octanol–water partition coefficient (Wildman–Crippen LogP) is 3.84. The Morgan fingerprint density at radius 3 is 2.61 bits per heavy atom. The van der Waals surface area contributed by atoms with Crippen LogP contribution >= 0.6 is 35.3 Å². The van der Waals surface area contributed by atoms with Gasteiger partial charge >= 0.3 is 0 Å². The number of halogens is 1. The maximum atomic E-state index is 5.59. The molecule has 0 saturated heterocycles. The van der Waals surface area contributed by atoms with E-state index in [1.165, 1.54) is 5.56 Å². The zero-order chi connectivity index (χ0) is 18.6. The number of thiazole rings is 1. The summed E-state index contributed by atoms with van der Waals surface area (Å²) >= 11 is 1.62. The standard InChI is InChI=1S/C19H20N6OS.HI/c1-13-3-5-14(6-4-13)17-23-16(12-26-17)10-22-18(20-2)21-9-15-11-25-7-8-27-19(25)24-15;/h3-8,11-12H,9-10H2,1-2H3,(H2,20,21,22);1H. The van der Waals surface area contributed by atoms with Gasteiger partial charge < -0.3 is 15.1 Å². The van der Waals surface area contributed by atoms with Gasteiger partial charge in [-0.15, -0.1) is 35.3 Å². The summed E-state index contributed by atoms with van der Waals surface area (Å²) < 4.78 is 7.60. The van der Waals surface area contributed by atoms with Crippen LogP contribution in [0.3, 0.4) is 0 Å². The summed E-state index contributed by atoms with van der Waals surface area (Å²) in [6, 6.07) is 8.11. The Balaban J connectivity index is 0.00000225. The summed E-state index contributed by atoms with van der Waals surface area (Å²) in [6.45, 7) is 3.18. The van der Waals surface area contributed by atoms with Crippen LogP contribution < -0.4 is 10.6 Å². The molecule has 3 aromatic heterocycles. The minimum atomic E-state index is 0. The molecule has 0 fully saturated rings. The molecule has 0 bridgehead atoms. The first-order chi connectivity index (χ1) is 13.2. The van der Waals surface area contributed by atoms with Crippen molar-refractivity contribution in [3.63, 3.8) is 0 Å². The molecule has 7 nitrogen and oxygen atoms in total. The first-order valence-corrected chi connectivity index (χ1v) is 9.46. The van der Waals surface area contributed by atoms with E-state index in [9.17, 15) is 0 Å². The molecular formula is C19H21IN6OS. The number of hydrogen-bond donors (Lipinski definition) is 2. The maximum absolute atomic E-state index is 5.59. The average molecular weight is 508 g/mol. The SMILES string of the molecule is CN=C(NCc1coc(-c2ccc(C)cc2)n1)NCc1cn2ccsc2n1.I. The van der Waals surface area contributed by atoms with Crippen molar-refractivity contribution in [2.45, 2.75) is 20.0 Å². The largest absolute Gasteiger partial charge is 0.444 e. The Labute approximate surface area is 184 Å². The van der Waals surface area contributed by atoms with Gasteiger partial charge in [-0.1, -0.05) is 17.7 Å². The number of aliphatic imine (C=N–C) groups is 1. The third-order valence-corrected chi connectivity index (χ3v) is 4.86. The smallest absolute Gasteiger partial charge is 0.226 e. The number of oxazole rings is 1. The molecule has 0 unspecified atom stereocenters. The zero-order valence-corrected chi connectivity index (χ0v) is 18.7. The summed E-state index contributed by atoms with van der Waals surface area (Å²) in [5.74, 6) is 1.30. The number of rotatable bonds is 5. The maximum Gasteiger partial charge on any atom is 0.226 e. The third-order valence-electron chi connectivity index (χ3n) is 4.09. The number of guanidine groups is 1. The van der Waals surface area contributed by atoms with E-state index >= 15 is 0 Å². The van der Waals surface area contributed by atoms with E-state index in [2.05, 4.69) is 32.5 Å². The highest BCUT2D eigenvalue weighted by Gasteiger charge is 2.08. The highest BCUT2D eigenvalue weighted by Crippen LogP contribution is 2.19. The monoisotopic (exact) mass is 508 g/mol. The molecule has 2 N–H and O–H groups in total. The fourth-order valence-corrected chi connectivity index (χ4v) is 3.37. The molecule has 0 amide bonds. The van der Waals surface area contributed by atoms with Crippen LogP contribution in [0.25, 0.3) is 16.4 Å². The number of imidazole rings is 1. The molecule has 0 aliphatic rings. The molecule has 0 saturated carbocycles. The van der Waals surface area contributed by atoms with Crippen molar-refractivity contribution < 1.29 is 4.42 Å². The number of fused-ring (bicyclic) bond motifs is 1. The average Bonchev–Trinajstić information content (AvgIpc) is 3.38. The van der Waals surface area contributed by atoms with Crippen molar-refractivity contribution in [3.05, 3.63) is 65.3 Å². The van der Waals surface area contributed by atoms with Gasteiger partial charge in [0, 0.05) is 30.4 Å². The second-order valence-electron chi connectivity index (χ2n) is 6.11. The molecule has 4 aromatic rings. The Hall–Kier alpha value is -2.40. The van der Waals surface area contributed by atoms with Crippen LogP contribution in [-0.2, 0) is 13.1 Å². The van der Waals surface area contributed by atoms with Gasteiger partial charge in [0.15, 0.2) is 10.9 Å². The molecule has 28 heavy (non-hydrogen) atoms. The summed E-state index contributed by atoms with van der Waals surface area (Å²) in [5.41, 5.74) is 3.96. The van der Waals surface area contributed by atoms with Crippen molar-refractivity contribution in [2.24, 2.45) is 4.99 Å². The Kier molecular flexibility index (Phi) is 6.68. The summed E-state index contributed by atoms with van der Waals surface area (Å²) in [6.07, 6.45) is 5.68. The predicted molar refractivity (Wildman–Crippen MR) is 122 cm³/mol. The molecule has 146 valence electrons. The van der Waals surface area contributed by atoms with Crippen molar-refractivity contribution in [3.8, 4) is 11.5 Å². The quantitative estimate of drug-likeness (QED) is 0.243. The van der Waals surface area contributed by atoms with E-state index in [4.69, 9.17) is 4.42 Å². The Morgan fingerprint density at radius 1 is 1.14 bits per heavy atom. The van der Waals surface area contributed by atoms with Crippen LogP contribution in [0.4, 0.5) is 0 Å². The lowest BCUT2D eigenvalue weighted by Crippen LogP contribution is -2.36. The van der Waals surface area contributed by atoms with Crippen molar-refractivity contribution in [1.29, 1.82) is 0 Å². The Bertz CT molecular complexity index is 1040. The van der Waals surface area contributed by atoms with Gasteiger partial charge in [-0.2, -0.15) is 0 Å². The lowest BCUT2D eigenvalue weighted by atomic mass is 10.1. The van der Waals surface area contributed by atoms with Gasteiger partial charge in [0.1, 0.15) is 6.26 Å². The van der Waals surface area contributed by atoms with E-state index < -0.39 is 0 Å². The van der Waals surface area contributed by atoms with E-state index in [0.29, 0.717) is 24.9 Å². The minimum absolute atomic E-state index is 0. The first kappa shape index (κ1) is 20.3. The number of hydrogen-bond acceptors (Lipinski definition) is 5. The number of benzene rings is 1. The van der Waals surface area contributed by atoms with E-state index in [-0.39, 0.29) is 24.0 Å². The van der Waals surface area contributed by atoms with E-state index in [0.717, 1.165) is 21.9 Å². The van der Waals surface area contributed by atoms with E-state index in [1.807, 2.05) is 46.4 Å². The highest BCUT2D eigenvalue weighted by molar-refractivity contribution is 14.0. The normalized spacial score (nSPS) is 11.4. The number of aromatic nitrogens is 3. The van der Waals surface area contributed by atoms with Crippen molar-refractivity contribution >= 4 is 46.2 Å². The van der Waals surface area contributed by atoms with Crippen molar-refractivity contribution in [1.82, 2.24) is 25.0 Å². The molecule has 0 radical (unpaired) electrons. The van der Waals surface area contributed by atoms with Crippen LogP contribution in [-0.4, -0.2) is 27.4 Å². The summed E-state index contributed by atoms with van der Waals surface area (Å²) in [4.78, 5) is 14.3. The lowest BCUT2D eigenvalue weighted by Gasteiger charge is -2.09. The fraction of sp³-hybridized carbons (Fsp3) is 0.211. The Morgan fingerprint density at radius 2 is 1.89 bits per heavy atom. The van der Waals surface area contributed by atoms with Gasteiger partial charge in [-0.05, 0) is 19.1 Å². The highest BCUT2D eigenvalue weighted by atomic mass is 127. The molecule has 1 aromatic carbocycles.